The fraction of sp³-hybridized carbons (Fsp3) is 0.100. The number of aryl methyl sites for hydroxylation is 1. The summed E-state index contributed by atoms with van der Waals surface area (Å²) in [5.41, 5.74) is 4.21. The molecule has 2 aromatic carbocycles. The van der Waals surface area contributed by atoms with E-state index in [9.17, 15) is 4.79 Å². The summed E-state index contributed by atoms with van der Waals surface area (Å²) in [5, 5.41) is 0. The van der Waals surface area contributed by atoms with Gasteiger partial charge in [0.2, 0.25) is 0 Å². The molecule has 0 fully saturated rings. The van der Waals surface area contributed by atoms with Crippen molar-refractivity contribution < 1.29 is 9.15 Å². The van der Waals surface area contributed by atoms with E-state index < -0.39 is 0 Å². The third-order valence-electron chi connectivity index (χ3n) is 3.85. The predicted octanol–water partition coefficient (Wildman–Crippen LogP) is 4.18. The summed E-state index contributed by atoms with van der Waals surface area (Å²) in [6.45, 7) is 2.54. The van der Waals surface area contributed by atoms with Crippen LogP contribution in [0.2, 0.25) is 0 Å². The van der Waals surface area contributed by atoms with Crippen molar-refractivity contribution in [3.8, 4) is 17.2 Å². The zero-order valence-corrected chi connectivity index (χ0v) is 13.2. The van der Waals surface area contributed by atoms with Crippen molar-refractivity contribution in [3.63, 3.8) is 0 Å². The predicted molar refractivity (Wildman–Crippen MR) is 92.4 cm³/mol. The molecule has 0 bridgehead atoms. The first-order valence-electron chi connectivity index (χ1n) is 7.70. The first kappa shape index (κ1) is 14.5. The van der Waals surface area contributed by atoms with Gasteiger partial charge in [-0.1, -0.05) is 29.8 Å². The first-order chi connectivity index (χ1) is 11.7. The van der Waals surface area contributed by atoms with Crippen LogP contribution in [0.15, 0.2) is 69.9 Å². The Morgan fingerprint density at radius 3 is 2.67 bits per heavy atom. The molecule has 1 aliphatic carbocycles. The Morgan fingerprint density at radius 1 is 1.00 bits per heavy atom. The van der Waals surface area contributed by atoms with Gasteiger partial charge in [-0.3, -0.25) is 4.79 Å². The number of fused-ring (bicyclic) bond motifs is 2. The van der Waals surface area contributed by atoms with Crippen LogP contribution in [0, 0.1) is 6.92 Å². The van der Waals surface area contributed by atoms with Crippen molar-refractivity contribution in [2.24, 2.45) is 0 Å². The molecular formula is C20H15NO3. The van der Waals surface area contributed by atoms with Gasteiger partial charge < -0.3 is 9.15 Å². The van der Waals surface area contributed by atoms with Crippen molar-refractivity contribution in [1.82, 2.24) is 4.98 Å². The third kappa shape index (κ3) is 2.86. The molecule has 4 heteroatoms. The Balaban J connectivity index is 1.64. The highest BCUT2D eigenvalue weighted by Crippen LogP contribution is 2.26. The van der Waals surface area contributed by atoms with E-state index in [2.05, 4.69) is 24.0 Å². The monoisotopic (exact) mass is 317 g/mol. The van der Waals surface area contributed by atoms with Crippen LogP contribution in [0.5, 0.6) is 5.75 Å². The summed E-state index contributed by atoms with van der Waals surface area (Å²) in [5.74, 6) is 1.18. The molecule has 0 spiro atoms. The minimum Gasteiger partial charge on any atom is -0.489 e. The maximum atomic E-state index is 11.5. The van der Waals surface area contributed by atoms with Gasteiger partial charge in [0.1, 0.15) is 23.6 Å². The lowest BCUT2D eigenvalue weighted by Gasteiger charge is -2.09. The standard InChI is InChI=1S/C20H15NO3/c1-13-2-4-14(5-3-13)12-23-16-7-9-18-20(11-16)24-19-10-15(22)6-8-17(19)21-18/h2-11H,12H2,1H3. The number of hydrogen-bond donors (Lipinski definition) is 0. The van der Waals surface area contributed by atoms with E-state index in [-0.39, 0.29) is 5.43 Å². The smallest absolute Gasteiger partial charge is 0.182 e. The average Bonchev–Trinajstić information content (AvgIpc) is 2.59. The molecule has 0 saturated carbocycles. The molecule has 0 unspecified atom stereocenters. The number of ether oxygens (including phenoxy) is 1. The van der Waals surface area contributed by atoms with Gasteiger partial charge in [-0.15, -0.1) is 0 Å². The summed E-state index contributed by atoms with van der Waals surface area (Å²) in [7, 11) is 0. The van der Waals surface area contributed by atoms with Crippen LogP contribution in [-0.2, 0) is 6.61 Å². The molecule has 2 aromatic rings. The Hall–Kier alpha value is -3.14. The Bertz CT molecular complexity index is 1030. The fourth-order valence-corrected chi connectivity index (χ4v) is 2.53. The van der Waals surface area contributed by atoms with Crippen LogP contribution in [0.25, 0.3) is 22.6 Å². The topological polar surface area (TPSA) is 52.3 Å². The number of nitrogens with zero attached hydrogens (tertiary/aromatic N) is 1. The second kappa shape index (κ2) is 5.81. The van der Waals surface area contributed by atoms with Crippen LogP contribution in [-0.4, -0.2) is 4.98 Å². The number of aromatic nitrogens is 1. The summed E-state index contributed by atoms with van der Waals surface area (Å²) >= 11 is 0. The summed E-state index contributed by atoms with van der Waals surface area (Å²) in [4.78, 5) is 16.0. The van der Waals surface area contributed by atoms with Crippen LogP contribution in [0.1, 0.15) is 11.1 Å². The van der Waals surface area contributed by atoms with Crippen molar-refractivity contribution in [2.75, 3.05) is 0 Å². The van der Waals surface area contributed by atoms with E-state index in [4.69, 9.17) is 9.15 Å². The SMILES string of the molecule is Cc1ccc(COc2ccc3nc4ccc(=O)cc-4oc3c2)cc1. The highest BCUT2D eigenvalue weighted by atomic mass is 16.5. The number of benzene rings is 3. The quantitative estimate of drug-likeness (QED) is 0.532. The summed E-state index contributed by atoms with van der Waals surface area (Å²) < 4.78 is 11.6. The van der Waals surface area contributed by atoms with E-state index in [1.807, 2.05) is 24.3 Å². The third-order valence-corrected chi connectivity index (χ3v) is 3.85. The Kier molecular flexibility index (Phi) is 3.50. The van der Waals surface area contributed by atoms with Crippen LogP contribution >= 0.6 is 0 Å². The van der Waals surface area contributed by atoms with Gasteiger partial charge in [0.25, 0.3) is 0 Å². The molecule has 0 radical (unpaired) electrons. The highest BCUT2D eigenvalue weighted by Gasteiger charge is 2.10. The van der Waals surface area contributed by atoms with Gasteiger partial charge in [-0.25, -0.2) is 4.98 Å². The number of rotatable bonds is 3. The molecule has 4 nitrogen and oxygen atoms in total. The second-order valence-electron chi connectivity index (χ2n) is 5.75. The largest absolute Gasteiger partial charge is 0.489 e. The Morgan fingerprint density at radius 2 is 1.83 bits per heavy atom. The normalized spacial score (nSPS) is 11.0. The van der Waals surface area contributed by atoms with Crippen molar-refractivity contribution in [3.05, 3.63) is 82.0 Å². The zero-order valence-electron chi connectivity index (χ0n) is 13.2. The fourth-order valence-electron chi connectivity index (χ4n) is 2.53. The van der Waals surface area contributed by atoms with Gasteiger partial charge in [-0.2, -0.15) is 0 Å². The lowest BCUT2D eigenvalue weighted by molar-refractivity contribution is 0.306. The molecule has 0 atom stereocenters. The van der Waals surface area contributed by atoms with Gasteiger partial charge in [-0.05, 0) is 36.8 Å². The van der Waals surface area contributed by atoms with E-state index in [0.717, 1.165) is 11.1 Å². The summed E-state index contributed by atoms with van der Waals surface area (Å²) in [6.07, 6.45) is 0. The molecule has 24 heavy (non-hydrogen) atoms. The molecule has 1 aliphatic heterocycles. The van der Waals surface area contributed by atoms with Crippen LogP contribution in [0.3, 0.4) is 0 Å². The van der Waals surface area contributed by atoms with E-state index in [1.165, 1.54) is 17.7 Å². The maximum absolute atomic E-state index is 11.5. The Labute approximate surface area is 138 Å². The zero-order chi connectivity index (χ0) is 16.5. The molecule has 0 saturated heterocycles. The van der Waals surface area contributed by atoms with Gasteiger partial charge in [0.05, 0.1) is 0 Å². The second-order valence-corrected chi connectivity index (χ2v) is 5.75. The van der Waals surface area contributed by atoms with Gasteiger partial charge >= 0.3 is 0 Å². The molecule has 0 amide bonds. The lowest BCUT2D eigenvalue weighted by Crippen LogP contribution is -1.99. The maximum Gasteiger partial charge on any atom is 0.182 e. The van der Waals surface area contributed by atoms with Gasteiger partial charge in [0.15, 0.2) is 16.8 Å². The molecule has 0 aromatic heterocycles. The van der Waals surface area contributed by atoms with Crippen LogP contribution in [0.4, 0.5) is 0 Å². The molecule has 2 aliphatic rings. The van der Waals surface area contributed by atoms with Gasteiger partial charge in [0, 0.05) is 12.1 Å². The van der Waals surface area contributed by atoms with Crippen LogP contribution < -0.4 is 10.2 Å². The highest BCUT2D eigenvalue weighted by molar-refractivity contribution is 5.77. The minimum atomic E-state index is -0.0980. The van der Waals surface area contributed by atoms with Crippen molar-refractivity contribution in [2.45, 2.75) is 13.5 Å². The molecule has 0 N–H and O–H groups in total. The number of hydrogen-bond acceptors (Lipinski definition) is 4. The minimum absolute atomic E-state index is 0.0980. The average molecular weight is 317 g/mol. The molecular weight excluding hydrogens is 302 g/mol. The molecule has 1 heterocycles. The lowest BCUT2D eigenvalue weighted by atomic mass is 10.2. The van der Waals surface area contributed by atoms with E-state index >= 15 is 0 Å². The van der Waals surface area contributed by atoms with Crippen molar-refractivity contribution >= 4 is 11.1 Å². The summed E-state index contributed by atoms with van der Waals surface area (Å²) in [6, 6.07) is 18.3. The van der Waals surface area contributed by atoms with E-state index in [1.54, 1.807) is 12.1 Å². The molecule has 118 valence electrons. The first-order valence-corrected chi connectivity index (χ1v) is 7.70. The van der Waals surface area contributed by atoms with Crippen molar-refractivity contribution in [1.29, 1.82) is 0 Å². The van der Waals surface area contributed by atoms with E-state index in [0.29, 0.717) is 29.4 Å². The molecule has 4 rings (SSSR count).